The van der Waals surface area contributed by atoms with Crippen molar-refractivity contribution in [1.82, 2.24) is 10.2 Å². The van der Waals surface area contributed by atoms with Crippen LogP contribution in [0.1, 0.15) is 38.3 Å². The molecule has 2 amide bonds. The van der Waals surface area contributed by atoms with E-state index in [-0.39, 0.29) is 34.8 Å². The number of halogens is 1. The highest BCUT2D eigenvalue weighted by molar-refractivity contribution is 7.92. The molecule has 0 aliphatic heterocycles. The summed E-state index contributed by atoms with van der Waals surface area (Å²) in [5.74, 6) is -0.594. The van der Waals surface area contributed by atoms with E-state index in [1.165, 1.54) is 24.1 Å². The van der Waals surface area contributed by atoms with Crippen LogP contribution in [0.15, 0.2) is 77.7 Å². The van der Waals surface area contributed by atoms with Crippen molar-refractivity contribution in [2.24, 2.45) is 0 Å². The van der Waals surface area contributed by atoms with Crippen molar-refractivity contribution in [1.29, 1.82) is 0 Å². The van der Waals surface area contributed by atoms with Crippen molar-refractivity contribution < 1.29 is 22.7 Å². The Balaban J connectivity index is 2.06. The minimum Gasteiger partial charge on any atom is -0.495 e. The third kappa shape index (κ3) is 7.55. The summed E-state index contributed by atoms with van der Waals surface area (Å²) in [6, 6.07) is 19.0. The summed E-state index contributed by atoms with van der Waals surface area (Å²) in [5, 5.41) is 3.46. The van der Waals surface area contributed by atoms with Gasteiger partial charge in [0.1, 0.15) is 18.3 Å². The van der Waals surface area contributed by atoms with Gasteiger partial charge in [0, 0.05) is 17.6 Å². The molecule has 0 aliphatic rings. The van der Waals surface area contributed by atoms with Crippen LogP contribution in [0, 0.1) is 6.92 Å². The van der Waals surface area contributed by atoms with E-state index in [1.807, 2.05) is 20.8 Å². The Hall–Kier alpha value is -3.56. The fourth-order valence-corrected chi connectivity index (χ4v) is 5.57. The zero-order valence-electron chi connectivity index (χ0n) is 23.4. The highest BCUT2D eigenvalue weighted by Gasteiger charge is 2.34. The molecular weight excluding hydrogens is 550 g/mol. The zero-order valence-corrected chi connectivity index (χ0v) is 25.0. The Kier molecular flexibility index (Phi) is 10.6. The van der Waals surface area contributed by atoms with E-state index < -0.39 is 28.5 Å². The molecule has 1 N–H and O–H groups in total. The van der Waals surface area contributed by atoms with Gasteiger partial charge >= 0.3 is 0 Å². The topological polar surface area (TPSA) is 96.0 Å². The van der Waals surface area contributed by atoms with Crippen LogP contribution in [0.2, 0.25) is 5.02 Å². The summed E-state index contributed by atoms with van der Waals surface area (Å²) in [5.41, 5.74) is 1.85. The van der Waals surface area contributed by atoms with Crippen LogP contribution < -0.4 is 14.4 Å². The number of anilines is 1. The van der Waals surface area contributed by atoms with Gasteiger partial charge in [-0.05, 0) is 69.2 Å². The monoisotopic (exact) mass is 585 g/mol. The van der Waals surface area contributed by atoms with Gasteiger partial charge in [-0.2, -0.15) is 0 Å². The quantitative estimate of drug-likeness (QED) is 0.316. The van der Waals surface area contributed by atoms with E-state index in [4.69, 9.17) is 16.3 Å². The van der Waals surface area contributed by atoms with E-state index in [9.17, 15) is 18.0 Å². The molecule has 8 nitrogen and oxygen atoms in total. The van der Waals surface area contributed by atoms with E-state index in [2.05, 4.69) is 5.32 Å². The smallest absolute Gasteiger partial charge is 0.264 e. The molecule has 0 aliphatic carbocycles. The number of ether oxygens (including phenoxy) is 1. The van der Waals surface area contributed by atoms with Gasteiger partial charge in [-0.25, -0.2) is 8.42 Å². The molecule has 3 aromatic carbocycles. The first kappa shape index (κ1) is 31.0. The highest BCUT2D eigenvalue weighted by atomic mass is 35.5. The van der Waals surface area contributed by atoms with Crippen LogP contribution in [-0.4, -0.2) is 50.9 Å². The molecule has 0 saturated heterocycles. The van der Waals surface area contributed by atoms with Crippen molar-refractivity contribution in [2.45, 2.75) is 57.6 Å². The number of rotatable bonds is 12. The third-order valence-electron chi connectivity index (χ3n) is 6.68. The van der Waals surface area contributed by atoms with Crippen LogP contribution in [-0.2, 0) is 26.2 Å². The molecule has 0 spiro atoms. The molecule has 3 rings (SSSR count). The van der Waals surface area contributed by atoms with Gasteiger partial charge in [0.25, 0.3) is 10.0 Å². The summed E-state index contributed by atoms with van der Waals surface area (Å²) in [4.78, 5) is 28.5. The first-order valence-corrected chi connectivity index (χ1v) is 14.9. The summed E-state index contributed by atoms with van der Waals surface area (Å²) in [6.45, 7) is 6.85. The van der Waals surface area contributed by atoms with Gasteiger partial charge in [0.05, 0.1) is 17.7 Å². The second kappa shape index (κ2) is 13.7. The molecule has 0 aromatic heterocycles. The van der Waals surface area contributed by atoms with Crippen LogP contribution >= 0.6 is 11.6 Å². The van der Waals surface area contributed by atoms with Crippen molar-refractivity contribution in [3.05, 3.63) is 88.9 Å². The van der Waals surface area contributed by atoms with Crippen LogP contribution in [0.4, 0.5) is 5.69 Å². The average molecular weight is 586 g/mol. The molecule has 0 bridgehead atoms. The van der Waals surface area contributed by atoms with Gasteiger partial charge < -0.3 is 15.0 Å². The lowest BCUT2D eigenvalue weighted by molar-refractivity contribution is -0.139. The summed E-state index contributed by atoms with van der Waals surface area (Å²) in [6.07, 6.45) is 0.722. The first-order chi connectivity index (χ1) is 19.0. The predicted octanol–water partition coefficient (Wildman–Crippen LogP) is 5.18. The number of methoxy groups -OCH3 is 1. The molecule has 40 heavy (non-hydrogen) atoms. The Labute approximate surface area is 241 Å². The predicted molar refractivity (Wildman–Crippen MR) is 158 cm³/mol. The second-order valence-electron chi connectivity index (χ2n) is 9.64. The molecule has 0 radical (unpaired) electrons. The van der Waals surface area contributed by atoms with Gasteiger partial charge in [-0.3, -0.25) is 13.9 Å². The maximum Gasteiger partial charge on any atom is 0.264 e. The number of carbonyl (C=O) groups excluding carboxylic acids is 2. The third-order valence-corrected chi connectivity index (χ3v) is 8.70. The van der Waals surface area contributed by atoms with Gasteiger partial charge in [0.15, 0.2) is 0 Å². The van der Waals surface area contributed by atoms with Crippen molar-refractivity contribution in [3.8, 4) is 5.75 Å². The molecule has 0 saturated carbocycles. The van der Waals surface area contributed by atoms with Gasteiger partial charge in [-0.1, -0.05) is 60.5 Å². The SMILES string of the molecule is CC[C@@H](C)NC(=O)[C@@H](C)N(Cc1ccc(Cl)cc1)C(=O)CN(c1ccccc1OC)S(=O)(=O)c1ccc(C)cc1. The Bertz CT molecular complexity index is 1410. The van der Waals surface area contributed by atoms with Gasteiger partial charge in [-0.15, -0.1) is 0 Å². The summed E-state index contributed by atoms with van der Waals surface area (Å²) >= 11 is 6.05. The highest BCUT2D eigenvalue weighted by Crippen LogP contribution is 2.32. The number of para-hydroxylation sites is 2. The number of sulfonamides is 1. The maximum absolute atomic E-state index is 14.0. The summed E-state index contributed by atoms with van der Waals surface area (Å²) < 4.78 is 34.4. The van der Waals surface area contributed by atoms with E-state index in [0.29, 0.717) is 5.02 Å². The van der Waals surface area contributed by atoms with Crippen molar-refractivity contribution in [3.63, 3.8) is 0 Å². The number of benzene rings is 3. The Morgan fingerprint density at radius 2 is 1.60 bits per heavy atom. The standard InChI is InChI=1S/C30H36ClN3O5S/c1-6-22(3)32-30(36)23(4)33(19-24-13-15-25(31)16-14-24)29(35)20-34(27-9-7-8-10-28(27)39-5)40(37,38)26-17-11-21(2)12-18-26/h7-18,22-23H,6,19-20H2,1-5H3,(H,32,36)/t22-,23-/m1/s1. The van der Waals surface area contributed by atoms with Crippen LogP contribution in [0.25, 0.3) is 0 Å². The lowest BCUT2D eigenvalue weighted by Crippen LogP contribution is -2.52. The number of hydrogen-bond donors (Lipinski definition) is 1. The fraction of sp³-hybridized carbons (Fsp3) is 0.333. The lowest BCUT2D eigenvalue weighted by Gasteiger charge is -2.32. The summed E-state index contributed by atoms with van der Waals surface area (Å²) in [7, 11) is -2.76. The number of nitrogens with one attached hydrogen (secondary N) is 1. The number of amides is 2. The number of aryl methyl sites for hydroxylation is 1. The average Bonchev–Trinajstić information content (AvgIpc) is 2.95. The Morgan fingerprint density at radius 3 is 2.20 bits per heavy atom. The van der Waals surface area contributed by atoms with E-state index in [0.717, 1.165) is 21.9 Å². The minimum absolute atomic E-state index is 0.0311. The van der Waals surface area contributed by atoms with Crippen LogP contribution in [0.3, 0.4) is 0 Å². The van der Waals surface area contributed by atoms with E-state index in [1.54, 1.807) is 67.6 Å². The molecule has 214 valence electrons. The molecule has 2 atom stereocenters. The van der Waals surface area contributed by atoms with Crippen molar-refractivity contribution >= 4 is 39.1 Å². The Morgan fingerprint density at radius 1 is 0.975 bits per heavy atom. The molecular formula is C30H36ClN3O5S. The second-order valence-corrected chi connectivity index (χ2v) is 11.9. The molecule has 10 heteroatoms. The first-order valence-electron chi connectivity index (χ1n) is 13.0. The largest absolute Gasteiger partial charge is 0.495 e. The number of hydrogen-bond acceptors (Lipinski definition) is 5. The fourth-order valence-electron chi connectivity index (χ4n) is 4.02. The number of carbonyl (C=O) groups is 2. The van der Waals surface area contributed by atoms with Crippen molar-refractivity contribution in [2.75, 3.05) is 18.0 Å². The van der Waals surface area contributed by atoms with E-state index >= 15 is 0 Å². The number of nitrogens with zero attached hydrogens (tertiary/aromatic N) is 2. The maximum atomic E-state index is 14.0. The minimum atomic E-state index is -4.19. The van der Waals surface area contributed by atoms with Gasteiger partial charge in [0.2, 0.25) is 11.8 Å². The molecule has 3 aromatic rings. The molecule has 0 unspecified atom stereocenters. The lowest BCUT2D eigenvalue weighted by atomic mass is 10.1. The molecule has 0 fully saturated rings. The zero-order chi connectivity index (χ0) is 29.4. The normalized spacial score (nSPS) is 12.8. The van der Waals surface area contributed by atoms with Crippen LogP contribution in [0.5, 0.6) is 5.75 Å². The molecule has 0 heterocycles.